The topological polar surface area (TPSA) is 59.2 Å². The number of carbonyl (C=O) groups is 2. The van der Waals surface area contributed by atoms with E-state index in [2.05, 4.69) is 4.98 Å². The molecular weight excluding hydrogens is 297 g/mol. The monoisotopic (exact) mass is 311 g/mol. The predicted molar refractivity (Wildman–Crippen MR) is 83.9 cm³/mol. The van der Waals surface area contributed by atoms with Gasteiger partial charge in [0, 0.05) is 16.5 Å². The molecule has 5 heteroatoms. The lowest BCUT2D eigenvalue weighted by molar-refractivity contribution is 0.0314. The Morgan fingerprint density at radius 1 is 1.09 bits per heavy atom. The quantitative estimate of drug-likeness (QED) is 0.590. The molecule has 0 bridgehead atoms. The summed E-state index contributed by atoms with van der Waals surface area (Å²) in [6.07, 6.45) is -0.959. The van der Waals surface area contributed by atoms with Crippen molar-refractivity contribution < 1.29 is 18.7 Å². The highest BCUT2D eigenvalue weighted by molar-refractivity contribution is 6.02. The van der Waals surface area contributed by atoms with E-state index in [1.165, 1.54) is 31.2 Å². The summed E-state index contributed by atoms with van der Waals surface area (Å²) in [5.41, 5.74) is 1.39. The highest BCUT2D eigenvalue weighted by Crippen LogP contribution is 2.16. The molecule has 2 aromatic carbocycles. The van der Waals surface area contributed by atoms with Gasteiger partial charge in [-0.05, 0) is 43.3 Å². The molecule has 0 fully saturated rings. The lowest BCUT2D eigenvalue weighted by Crippen LogP contribution is -2.24. The van der Waals surface area contributed by atoms with Gasteiger partial charge >= 0.3 is 5.97 Å². The first kappa shape index (κ1) is 15.0. The van der Waals surface area contributed by atoms with Crippen LogP contribution in [0.15, 0.2) is 54.6 Å². The molecule has 23 heavy (non-hydrogen) atoms. The Morgan fingerprint density at radius 2 is 1.78 bits per heavy atom. The average Bonchev–Trinajstić information content (AvgIpc) is 2.99. The van der Waals surface area contributed by atoms with Crippen molar-refractivity contribution in [2.75, 3.05) is 0 Å². The van der Waals surface area contributed by atoms with Crippen LogP contribution in [0.5, 0.6) is 0 Å². The number of hydrogen-bond acceptors (Lipinski definition) is 3. The number of hydrogen-bond donors (Lipinski definition) is 1. The Hall–Kier alpha value is -2.95. The number of benzene rings is 2. The van der Waals surface area contributed by atoms with Gasteiger partial charge in [0.05, 0.1) is 0 Å². The minimum absolute atomic E-state index is 0.282. The summed E-state index contributed by atoms with van der Waals surface area (Å²) in [5, 5.41) is 0.886. The summed E-state index contributed by atoms with van der Waals surface area (Å²) in [7, 11) is 0. The van der Waals surface area contributed by atoms with Crippen molar-refractivity contribution in [2.45, 2.75) is 13.0 Å². The SMILES string of the molecule is C[C@H](OC(=O)c1cc2ccccc2[nH]1)C(=O)c1ccc(F)cc1. The molecule has 0 amide bonds. The molecule has 1 heterocycles. The van der Waals surface area contributed by atoms with Crippen molar-refractivity contribution in [3.8, 4) is 0 Å². The number of aromatic amines is 1. The first-order chi connectivity index (χ1) is 11.0. The fraction of sp³-hybridized carbons (Fsp3) is 0.111. The number of carbonyl (C=O) groups excluding carboxylic acids is 2. The van der Waals surface area contributed by atoms with Crippen molar-refractivity contribution in [3.63, 3.8) is 0 Å². The Morgan fingerprint density at radius 3 is 2.48 bits per heavy atom. The molecule has 1 aromatic heterocycles. The highest BCUT2D eigenvalue weighted by atomic mass is 19.1. The van der Waals surface area contributed by atoms with E-state index in [-0.39, 0.29) is 11.5 Å². The van der Waals surface area contributed by atoms with Crippen LogP contribution >= 0.6 is 0 Å². The molecule has 3 rings (SSSR count). The van der Waals surface area contributed by atoms with Crippen LogP contribution in [0.2, 0.25) is 0 Å². The second-order valence-corrected chi connectivity index (χ2v) is 5.19. The van der Waals surface area contributed by atoms with Gasteiger partial charge in [-0.15, -0.1) is 0 Å². The number of Topliss-reactive ketones (excluding diaryl/α,β-unsaturated/α-hetero) is 1. The maximum absolute atomic E-state index is 12.9. The third kappa shape index (κ3) is 3.13. The van der Waals surface area contributed by atoms with Crippen LogP contribution in [0.3, 0.4) is 0 Å². The number of para-hydroxylation sites is 1. The number of ether oxygens (including phenoxy) is 1. The number of H-pyrrole nitrogens is 1. The summed E-state index contributed by atoms with van der Waals surface area (Å²) in [4.78, 5) is 27.3. The number of ketones is 1. The van der Waals surface area contributed by atoms with Crippen LogP contribution in [0.4, 0.5) is 4.39 Å². The van der Waals surface area contributed by atoms with Crippen molar-refractivity contribution in [1.29, 1.82) is 0 Å². The van der Waals surface area contributed by atoms with Crippen LogP contribution in [0.25, 0.3) is 10.9 Å². The van der Waals surface area contributed by atoms with Gasteiger partial charge in [0.15, 0.2) is 6.10 Å². The molecule has 116 valence electrons. The van der Waals surface area contributed by atoms with Crippen LogP contribution in [-0.4, -0.2) is 22.8 Å². The van der Waals surface area contributed by atoms with Crippen LogP contribution in [-0.2, 0) is 4.74 Å². The fourth-order valence-electron chi connectivity index (χ4n) is 2.31. The Balaban J connectivity index is 1.73. The van der Waals surface area contributed by atoms with E-state index in [4.69, 9.17) is 4.74 Å². The molecule has 0 unspecified atom stereocenters. The van der Waals surface area contributed by atoms with Gasteiger partial charge < -0.3 is 9.72 Å². The van der Waals surface area contributed by atoms with E-state index in [0.717, 1.165) is 10.9 Å². The van der Waals surface area contributed by atoms with E-state index in [1.54, 1.807) is 6.07 Å². The van der Waals surface area contributed by atoms with Crippen molar-refractivity contribution >= 4 is 22.7 Å². The lowest BCUT2D eigenvalue weighted by Gasteiger charge is -2.11. The molecule has 0 radical (unpaired) electrons. The summed E-state index contributed by atoms with van der Waals surface area (Å²) in [6.45, 7) is 1.49. The fourth-order valence-corrected chi connectivity index (χ4v) is 2.31. The number of fused-ring (bicyclic) bond motifs is 1. The van der Waals surface area contributed by atoms with Crippen LogP contribution in [0, 0.1) is 5.82 Å². The smallest absolute Gasteiger partial charge is 0.355 e. The summed E-state index contributed by atoms with van der Waals surface area (Å²) in [5.74, 6) is -1.41. The van der Waals surface area contributed by atoms with E-state index in [0.29, 0.717) is 5.56 Å². The molecule has 1 N–H and O–H groups in total. The Bertz CT molecular complexity index is 834. The van der Waals surface area contributed by atoms with Crippen molar-refractivity contribution in [3.05, 3.63) is 71.7 Å². The van der Waals surface area contributed by atoms with Crippen molar-refractivity contribution in [2.24, 2.45) is 0 Å². The molecule has 1 atom stereocenters. The number of halogens is 1. The average molecular weight is 311 g/mol. The number of nitrogens with one attached hydrogen (secondary N) is 1. The zero-order chi connectivity index (χ0) is 16.4. The van der Waals surface area contributed by atoms with Gasteiger partial charge in [-0.3, -0.25) is 4.79 Å². The van der Waals surface area contributed by atoms with Gasteiger partial charge in [-0.25, -0.2) is 9.18 Å². The summed E-state index contributed by atoms with van der Waals surface area (Å²) in [6, 6.07) is 14.2. The third-order valence-electron chi connectivity index (χ3n) is 3.53. The minimum Gasteiger partial charge on any atom is -0.450 e. The predicted octanol–water partition coefficient (Wildman–Crippen LogP) is 3.74. The minimum atomic E-state index is -0.959. The first-order valence-corrected chi connectivity index (χ1v) is 7.13. The molecular formula is C18H14FNO3. The molecule has 0 saturated heterocycles. The summed E-state index contributed by atoms with van der Waals surface area (Å²) < 4.78 is 18.1. The van der Waals surface area contributed by atoms with Gasteiger partial charge in [0.2, 0.25) is 5.78 Å². The van der Waals surface area contributed by atoms with Gasteiger partial charge in [0.25, 0.3) is 0 Å². The second kappa shape index (κ2) is 6.04. The van der Waals surface area contributed by atoms with Crippen molar-refractivity contribution in [1.82, 2.24) is 4.98 Å². The van der Waals surface area contributed by atoms with Gasteiger partial charge in [-0.1, -0.05) is 18.2 Å². The molecule has 3 aromatic rings. The van der Waals surface area contributed by atoms with E-state index < -0.39 is 17.9 Å². The largest absolute Gasteiger partial charge is 0.450 e. The molecule has 0 aliphatic rings. The van der Waals surface area contributed by atoms with E-state index in [9.17, 15) is 14.0 Å². The third-order valence-corrected chi connectivity index (χ3v) is 3.53. The standard InChI is InChI=1S/C18H14FNO3/c1-11(17(21)12-6-8-14(19)9-7-12)23-18(22)16-10-13-4-2-3-5-15(13)20-16/h2-11,20H,1H3/t11-/m0/s1. The molecule has 0 saturated carbocycles. The van der Waals surface area contributed by atoms with Crippen LogP contribution in [0.1, 0.15) is 27.8 Å². The zero-order valence-electron chi connectivity index (χ0n) is 12.4. The maximum atomic E-state index is 12.9. The normalized spacial score (nSPS) is 12.1. The number of rotatable bonds is 4. The summed E-state index contributed by atoms with van der Waals surface area (Å²) >= 11 is 0. The molecule has 0 aliphatic carbocycles. The zero-order valence-corrected chi connectivity index (χ0v) is 12.4. The van der Waals surface area contributed by atoms with Gasteiger partial charge in [0.1, 0.15) is 11.5 Å². The molecule has 0 spiro atoms. The Labute approximate surface area is 131 Å². The van der Waals surface area contributed by atoms with Gasteiger partial charge in [-0.2, -0.15) is 0 Å². The highest BCUT2D eigenvalue weighted by Gasteiger charge is 2.21. The van der Waals surface area contributed by atoms with E-state index >= 15 is 0 Å². The number of esters is 1. The number of aromatic nitrogens is 1. The lowest BCUT2D eigenvalue weighted by atomic mass is 10.1. The Kier molecular flexibility index (Phi) is 3.93. The van der Waals surface area contributed by atoms with E-state index in [1.807, 2.05) is 24.3 Å². The molecule has 4 nitrogen and oxygen atoms in total. The molecule has 0 aliphatic heterocycles. The maximum Gasteiger partial charge on any atom is 0.355 e. The first-order valence-electron chi connectivity index (χ1n) is 7.13. The second-order valence-electron chi connectivity index (χ2n) is 5.19. The van der Waals surface area contributed by atoms with Crippen LogP contribution < -0.4 is 0 Å².